The summed E-state index contributed by atoms with van der Waals surface area (Å²) in [5.41, 5.74) is 1.19. The van der Waals surface area contributed by atoms with E-state index in [1.54, 1.807) is 18.2 Å². The Morgan fingerprint density at radius 1 is 0.864 bits per heavy atom. The van der Waals surface area contributed by atoms with Gasteiger partial charge in [0.25, 0.3) is 0 Å². The van der Waals surface area contributed by atoms with E-state index in [0.717, 1.165) is 17.2 Å². The van der Waals surface area contributed by atoms with Crippen molar-refractivity contribution in [1.82, 2.24) is 0 Å². The Labute approximate surface area is 129 Å². The Kier molecular flexibility index (Phi) is 4.05. The smallest absolute Gasteiger partial charge is 0.395 e. The first-order valence-electron chi connectivity index (χ1n) is 7.22. The van der Waals surface area contributed by atoms with Gasteiger partial charge in [-0.15, -0.1) is 0 Å². The summed E-state index contributed by atoms with van der Waals surface area (Å²) in [6.07, 6.45) is 0.210. The van der Waals surface area contributed by atoms with E-state index in [4.69, 9.17) is 9.47 Å². The van der Waals surface area contributed by atoms with Gasteiger partial charge in [-0.1, -0.05) is 55.5 Å². The Bertz CT molecular complexity index is 786. The Balaban J connectivity index is 1.75. The molecule has 0 radical (unpaired) electrons. The lowest BCUT2D eigenvalue weighted by atomic mass is 10.1. The summed E-state index contributed by atoms with van der Waals surface area (Å²) in [6, 6.07) is 20.7. The van der Waals surface area contributed by atoms with Gasteiger partial charge in [-0.25, -0.2) is 4.79 Å². The van der Waals surface area contributed by atoms with E-state index in [1.165, 1.54) is 5.56 Å². The first-order chi connectivity index (χ1) is 10.8. The van der Waals surface area contributed by atoms with Crippen molar-refractivity contribution in [2.75, 3.05) is 0 Å². The molecule has 22 heavy (non-hydrogen) atoms. The highest BCUT2D eigenvalue weighted by atomic mass is 16.7. The summed E-state index contributed by atoms with van der Waals surface area (Å²) >= 11 is 0. The zero-order valence-electron chi connectivity index (χ0n) is 12.3. The van der Waals surface area contributed by atoms with Crippen LogP contribution in [0.25, 0.3) is 10.8 Å². The lowest BCUT2D eigenvalue weighted by Gasteiger charge is -2.08. The fourth-order valence-electron chi connectivity index (χ4n) is 2.28. The van der Waals surface area contributed by atoms with E-state index in [2.05, 4.69) is 6.92 Å². The number of carbonyl (C=O) groups excluding carboxylic acids is 1. The van der Waals surface area contributed by atoms with Crippen LogP contribution in [-0.2, 0) is 6.42 Å². The second-order valence-corrected chi connectivity index (χ2v) is 4.93. The number of rotatable bonds is 3. The average Bonchev–Trinajstić information content (AvgIpc) is 2.56. The zero-order valence-corrected chi connectivity index (χ0v) is 12.3. The van der Waals surface area contributed by atoms with E-state index in [9.17, 15) is 4.79 Å². The third kappa shape index (κ3) is 3.09. The first-order valence-corrected chi connectivity index (χ1v) is 7.22. The quantitative estimate of drug-likeness (QED) is 0.504. The minimum Gasteiger partial charge on any atom is -0.395 e. The van der Waals surface area contributed by atoms with Gasteiger partial charge in [0.15, 0.2) is 0 Å². The van der Waals surface area contributed by atoms with Gasteiger partial charge in [0, 0.05) is 5.39 Å². The number of hydrogen-bond acceptors (Lipinski definition) is 3. The van der Waals surface area contributed by atoms with Gasteiger partial charge in [-0.2, -0.15) is 0 Å². The normalized spacial score (nSPS) is 10.4. The van der Waals surface area contributed by atoms with Crippen LogP contribution in [0.3, 0.4) is 0 Å². The third-order valence-electron chi connectivity index (χ3n) is 3.48. The molecule has 0 aliphatic heterocycles. The number of carbonyl (C=O) groups is 1. The highest BCUT2D eigenvalue weighted by Crippen LogP contribution is 2.25. The molecule has 3 heteroatoms. The molecule has 0 bridgehead atoms. The topological polar surface area (TPSA) is 35.5 Å². The lowest BCUT2D eigenvalue weighted by molar-refractivity contribution is 0.152. The van der Waals surface area contributed by atoms with Crippen LogP contribution in [0.4, 0.5) is 4.79 Å². The Hall–Kier alpha value is -2.81. The van der Waals surface area contributed by atoms with Crippen molar-refractivity contribution >= 4 is 16.9 Å². The highest BCUT2D eigenvalue weighted by molar-refractivity contribution is 5.89. The number of ether oxygens (including phenoxy) is 2. The molecule has 3 nitrogen and oxygen atoms in total. The van der Waals surface area contributed by atoms with Gasteiger partial charge in [-0.05, 0) is 35.6 Å². The van der Waals surface area contributed by atoms with Gasteiger partial charge in [0.05, 0.1) is 0 Å². The molecule has 0 N–H and O–H groups in total. The van der Waals surface area contributed by atoms with E-state index < -0.39 is 6.16 Å². The zero-order chi connectivity index (χ0) is 15.4. The van der Waals surface area contributed by atoms with Crippen LogP contribution in [-0.4, -0.2) is 6.16 Å². The van der Waals surface area contributed by atoms with E-state index >= 15 is 0 Å². The standard InChI is InChI=1S/C19H16O3/c1-2-14-10-12-16(13-11-14)21-19(20)22-18-9-5-7-15-6-3-4-8-17(15)18/h3-13H,2H2,1H3. The molecule has 110 valence electrons. The van der Waals surface area contributed by atoms with Crippen molar-refractivity contribution in [2.45, 2.75) is 13.3 Å². The van der Waals surface area contributed by atoms with Crippen LogP contribution in [0.15, 0.2) is 66.7 Å². The maximum atomic E-state index is 11.9. The number of aryl methyl sites for hydroxylation is 1. The highest BCUT2D eigenvalue weighted by Gasteiger charge is 2.10. The maximum Gasteiger partial charge on any atom is 0.519 e. The molecular formula is C19H16O3. The van der Waals surface area contributed by atoms with Gasteiger partial charge in [0.2, 0.25) is 0 Å². The lowest BCUT2D eigenvalue weighted by Crippen LogP contribution is -2.13. The summed E-state index contributed by atoms with van der Waals surface area (Å²) in [4.78, 5) is 11.9. The van der Waals surface area contributed by atoms with Gasteiger partial charge >= 0.3 is 6.16 Å². The second-order valence-electron chi connectivity index (χ2n) is 4.93. The van der Waals surface area contributed by atoms with Crippen molar-refractivity contribution in [2.24, 2.45) is 0 Å². The number of fused-ring (bicyclic) bond motifs is 1. The minimum absolute atomic E-state index is 0.474. The van der Waals surface area contributed by atoms with Crippen molar-refractivity contribution in [1.29, 1.82) is 0 Å². The third-order valence-corrected chi connectivity index (χ3v) is 3.48. The van der Waals surface area contributed by atoms with Gasteiger partial charge in [-0.3, -0.25) is 0 Å². The fraction of sp³-hybridized carbons (Fsp3) is 0.105. The minimum atomic E-state index is -0.736. The molecule has 3 rings (SSSR count). The first kappa shape index (κ1) is 14.1. The molecule has 0 aromatic heterocycles. The number of benzene rings is 3. The Morgan fingerprint density at radius 2 is 1.59 bits per heavy atom. The van der Waals surface area contributed by atoms with Crippen LogP contribution in [0, 0.1) is 0 Å². The molecule has 3 aromatic rings. The van der Waals surface area contributed by atoms with E-state index in [1.807, 2.05) is 48.5 Å². The monoisotopic (exact) mass is 292 g/mol. The summed E-state index contributed by atoms with van der Waals surface area (Å²) in [7, 11) is 0. The maximum absolute atomic E-state index is 11.9. The van der Waals surface area contributed by atoms with Crippen molar-refractivity contribution in [3.05, 3.63) is 72.3 Å². The average molecular weight is 292 g/mol. The van der Waals surface area contributed by atoms with Gasteiger partial charge < -0.3 is 9.47 Å². The van der Waals surface area contributed by atoms with Crippen LogP contribution in [0.2, 0.25) is 0 Å². The molecule has 0 atom stereocenters. The van der Waals surface area contributed by atoms with Crippen LogP contribution >= 0.6 is 0 Å². The molecule has 0 aliphatic carbocycles. The van der Waals surface area contributed by atoms with Crippen LogP contribution < -0.4 is 9.47 Å². The summed E-state index contributed by atoms with van der Waals surface area (Å²) < 4.78 is 10.5. The predicted octanol–water partition coefficient (Wildman–Crippen LogP) is 4.98. The largest absolute Gasteiger partial charge is 0.519 e. The molecule has 0 amide bonds. The second kappa shape index (κ2) is 6.31. The summed E-state index contributed by atoms with van der Waals surface area (Å²) in [6.45, 7) is 2.07. The summed E-state index contributed by atoms with van der Waals surface area (Å²) in [5.74, 6) is 0.968. The summed E-state index contributed by atoms with van der Waals surface area (Å²) in [5, 5.41) is 1.89. The molecule has 0 fully saturated rings. The fourth-order valence-corrected chi connectivity index (χ4v) is 2.28. The van der Waals surface area contributed by atoms with Crippen molar-refractivity contribution < 1.29 is 14.3 Å². The molecule has 0 saturated heterocycles. The van der Waals surface area contributed by atoms with Gasteiger partial charge in [0.1, 0.15) is 11.5 Å². The van der Waals surface area contributed by atoms with E-state index in [0.29, 0.717) is 11.5 Å². The molecule has 0 spiro atoms. The number of hydrogen-bond donors (Lipinski definition) is 0. The molecule has 3 aromatic carbocycles. The Morgan fingerprint density at radius 3 is 2.36 bits per heavy atom. The van der Waals surface area contributed by atoms with E-state index in [-0.39, 0.29) is 0 Å². The van der Waals surface area contributed by atoms with Crippen molar-refractivity contribution in [3.63, 3.8) is 0 Å². The molecule has 0 heterocycles. The van der Waals surface area contributed by atoms with Crippen LogP contribution in [0.1, 0.15) is 12.5 Å². The molecular weight excluding hydrogens is 276 g/mol. The predicted molar refractivity (Wildman–Crippen MR) is 86.4 cm³/mol. The van der Waals surface area contributed by atoms with Crippen molar-refractivity contribution in [3.8, 4) is 11.5 Å². The SMILES string of the molecule is CCc1ccc(OC(=O)Oc2cccc3ccccc23)cc1. The molecule has 0 aliphatic rings. The van der Waals surface area contributed by atoms with Crippen LogP contribution in [0.5, 0.6) is 11.5 Å². The molecule has 0 unspecified atom stereocenters. The molecule has 0 saturated carbocycles.